The van der Waals surface area contributed by atoms with Gasteiger partial charge in [0.25, 0.3) is 0 Å². The van der Waals surface area contributed by atoms with Gasteiger partial charge in [-0.15, -0.1) is 0 Å². The molecular weight excluding hydrogens is 933 g/mol. The van der Waals surface area contributed by atoms with Crippen molar-refractivity contribution in [3.63, 3.8) is 0 Å². The highest BCUT2D eigenvalue weighted by atomic mass is 79.9. The van der Waals surface area contributed by atoms with E-state index in [1.54, 1.807) is 0 Å². The average molecular weight is 971 g/mol. The van der Waals surface area contributed by atoms with E-state index in [1.807, 2.05) is 0 Å². The van der Waals surface area contributed by atoms with Crippen molar-refractivity contribution < 1.29 is 0 Å². The van der Waals surface area contributed by atoms with E-state index in [4.69, 9.17) is 0 Å². The average Bonchev–Trinajstić information content (AvgIpc) is 4.11. The van der Waals surface area contributed by atoms with Crippen molar-refractivity contribution >= 4 is 75.5 Å². The van der Waals surface area contributed by atoms with E-state index in [2.05, 4.69) is 260 Å². The first-order valence-electron chi connectivity index (χ1n) is 22.6. The first-order valence-corrected chi connectivity index (χ1v) is 24.1. The SMILES string of the molecule is Brc1ccc2c(c1)C(c1ccccc1)(c1ccccc1)c1ccc3c([nH]c4c(-c5ccc6[nH]c7c8c(ccc7c6c5)C(c5ccccc5)(c5ccccc5)c5c(Br)cccc5-8)cccc43)c1-2. The number of rotatable bonds is 5. The number of halogens is 2. The van der Waals surface area contributed by atoms with E-state index < -0.39 is 10.8 Å². The largest absolute Gasteiger partial charge is 0.354 e. The van der Waals surface area contributed by atoms with Crippen molar-refractivity contribution in [3.05, 3.63) is 272 Å². The molecule has 0 saturated heterocycles. The van der Waals surface area contributed by atoms with E-state index >= 15 is 0 Å². The maximum atomic E-state index is 4.09. The van der Waals surface area contributed by atoms with Crippen LogP contribution in [0.2, 0.25) is 0 Å². The summed E-state index contributed by atoms with van der Waals surface area (Å²) in [5, 5.41) is 4.88. The molecule has 2 aliphatic rings. The molecule has 12 aromatic rings. The number of para-hydroxylation sites is 1. The van der Waals surface area contributed by atoms with Crippen LogP contribution >= 0.6 is 31.9 Å². The van der Waals surface area contributed by atoms with E-state index in [0.29, 0.717) is 0 Å². The third-order valence-corrected chi connectivity index (χ3v) is 16.0. The fraction of sp³-hybridized carbons (Fsp3) is 0.0323. The molecule has 2 aromatic heterocycles. The molecule has 4 heteroatoms. The highest BCUT2D eigenvalue weighted by molar-refractivity contribution is 9.10. The molecule has 2 aliphatic carbocycles. The Balaban J connectivity index is 0.990. The second-order valence-corrected chi connectivity index (χ2v) is 19.6. The monoisotopic (exact) mass is 968 g/mol. The van der Waals surface area contributed by atoms with Crippen LogP contribution in [0.3, 0.4) is 0 Å². The molecule has 0 unspecified atom stereocenters. The van der Waals surface area contributed by atoms with Gasteiger partial charge in [0.15, 0.2) is 0 Å². The number of H-pyrrole nitrogens is 2. The molecule has 0 fully saturated rings. The van der Waals surface area contributed by atoms with Gasteiger partial charge in [0, 0.05) is 52.7 Å². The summed E-state index contributed by atoms with van der Waals surface area (Å²) < 4.78 is 2.18. The zero-order chi connectivity index (χ0) is 43.7. The number of aromatic nitrogens is 2. The lowest BCUT2D eigenvalue weighted by molar-refractivity contribution is 0.765. The lowest BCUT2D eigenvalue weighted by Gasteiger charge is -2.34. The van der Waals surface area contributed by atoms with Crippen LogP contribution < -0.4 is 0 Å². The summed E-state index contributed by atoms with van der Waals surface area (Å²) >= 11 is 7.97. The molecule has 0 radical (unpaired) electrons. The van der Waals surface area contributed by atoms with Crippen LogP contribution in [0.15, 0.2) is 227 Å². The highest BCUT2D eigenvalue weighted by Crippen LogP contribution is 2.61. The van der Waals surface area contributed by atoms with Gasteiger partial charge in [-0.05, 0) is 91.5 Å². The summed E-state index contributed by atoms with van der Waals surface area (Å²) in [5.41, 5.74) is 21.1. The Hall–Kier alpha value is -7.24. The molecule has 10 aromatic carbocycles. The number of benzene rings is 10. The van der Waals surface area contributed by atoms with Crippen molar-refractivity contribution in [3.8, 4) is 33.4 Å². The van der Waals surface area contributed by atoms with E-state index in [0.717, 1.165) is 25.5 Å². The van der Waals surface area contributed by atoms with Gasteiger partial charge >= 0.3 is 0 Å². The minimum atomic E-state index is -0.506. The molecule has 2 heterocycles. The van der Waals surface area contributed by atoms with Crippen LogP contribution in [0.1, 0.15) is 44.5 Å². The van der Waals surface area contributed by atoms with Crippen LogP contribution in [0.5, 0.6) is 0 Å². The number of fused-ring (bicyclic) bond motifs is 14. The van der Waals surface area contributed by atoms with Gasteiger partial charge in [0.1, 0.15) is 0 Å². The first kappa shape index (κ1) is 38.1. The number of hydrogen-bond acceptors (Lipinski definition) is 0. The van der Waals surface area contributed by atoms with Gasteiger partial charge in [0.2, 0.25) is 0 Å². The quantitative estimate of drug-likeness (QED) is 0.172. The second kappa shape index (κ2) is 14.1. The van der Waals surface area contributed by atoms with Crippen molar-refractivity contribution in [1.29, 1.82) is 0 Å². The van der Waals surface area contributed by atoms with Crippen LogP contribution in [0.25, 0.3) is 77.0 Å². The highest BCUT2D eigenvalue weighted by Gasteiger charge is 2.49. The zero-order valence-electron chi connectivity index (χ0n) is 35.5. The van der Waals surface area contributed by atoms with Gasteiger partial charge in [-0.1, -0.05) is 220 Å². The molecule has 0 amide bonds. The van der Waals surface area contributed by atoms with Crippen LogP contribution in [0.4, 0.5) is 0 Å². The topological polar surface area (TPSA) is 31.6 Å². The molecular formula is C62H38Br2N2. The minimum absolute atomic E-state index is 0.496. The Morgan fingerprint density at radius 2 is 0.864 bits per heavy atom. The van der Waals surface area contributed by atoms with E-state index in [-0.39, 0.29) is 0 Å². The summed E-state index contributed by atoms with van der Waals surface area (Å²) in [6, 6.07) is 80.8. The lowest BCUT2D eigenvalue weighted by Crippen LogP contribution is -2.28. The Morgan fingerprint density at radius 3 is 1.52 bits per heavy atom. The maximum absolute atomic E-state index is 4.09. The third kappa shape index (κ3) is 4.95. The smallest absolute Gasteiger partial charge is 0.0725 e. The Labute approximate surface area is 398 Å². The van der Waals surface area contributed by atoms with Gasteiger partial charge in [0.05, 0.1) is 27.4 Å². The normalized spacial score (nSPS) is 14.2. The number of aromatic amines is 2. The molecule has 14 rings (SSSR count). The van der Waals surface area contributed by atoms with Crippen LogP contribution in [-0.4, -0.2) is 9.97 Å². The second-order valence-electron chi connectivity index (χ2n) is 17.9. The first-order chi connectivity index (χ1) is 32.6. The summed E-state index contributed by atoms with van der Waals surface area (Å²) in [5.74, 6) is 0. The van der Waals surface area contributed by atoms with Crippen molar-refractivity contribution in [2.24, 2.45) is 0 Å². The van der Waals surface area contributed by atoms with Gasteiger partial charge in [-0.2, -0.15) is 0 Å². The standard InChI is InChI=1S/C62H38Br2N2/c63-42-28-29-47-52(36-42)61(38-15-5-1-6-16-38,39-17-7-2-8-18-39)50-32-30-45-44-24-13-23-43(58(44)66-60(45)55(47)50)37-27-34-54-49(35-37)46-31-33-51-56(59(46)65-54)48-25-14-26-53(64)57(48)62(51,40-19-9-3-10-20-40)41-21-11-4-12-22-41/h1-36,65-66H. The number of nitrogens with one attached hydrogen (secondary N) is 2. The van der Waals surface area contributed by atoms with Crippen LogP contribution in [0, 0.1) is 0 Å². The molecule has 66 heavy (non-hydrogen) atoms. The van der Waals surface area contributed by atoms with Crippen molar-refractivity contribution in [1.82, 2.24) is 9.97 Å². The Kier molecular flexibility index (Phi) is 8.15. The fourth-order valence-electron chi connectivity index (χ4n) is 12.3. The predicted molar refractivity (Wildman–Crippen MR) is 281 cm³/mol. The van der Waals surface area contributed by atoms with Crippen molar-refractivity contribution in [2.45, 2.75) is 10.8 Å². The summed E-state index contributed by atoms with van der Waals surface area (Å²) in [6.07, 6.45) is 0. The molecule has 0 aliphatic heterocycles. The molecule has 0 atom stereocenters. The van der Waals surface area contributed by atoms with Gasteiger partial charge in [-0.25, -0.2) is 0 Å². The lowest BCUT2D eigenvalue weighted by atomic mass is 9.67. The van der Waals surface area contributed by atoms with Gasteiger partial charge in [-0.3, -0.25) is 0 Å². The zero-order valence-corrected chi connectivity index (χ0v) is 38.7. The Bertz CT molecular complexity index is 3860. The van der Waals surface area contributed by atoms with Gasteiger partial charge < -0.3 is 9.97 Å². The fourth-order valence-corrected chi connectivity index (χ4v) is 13.3. The van der Waals surface area contributed by atoms with Crippen LogP contribution in [-0.2, 0) is 10.8 Å². The molecule has 310 valence electrons. The molecule has 0 spiro atoms. The summed E-state index contributed by atoms with van der Waals surface area (Å²) in [7, 11) is 0. The van der Waals surface area contributed by atoms with E-state index in [9.17, 15) is 0 Å². The molecule has 0 saturated carbocycles. The predicted octanol–water partition coefficient (Wildman–Crippen LogP) is 16.9. The molecule has 0 bridgehead atoms. The summed E-state index contributed by atoms with van der Waals surface area (Å²) in [4.78, 5) is 8.05. The molecule has 2 N–H and O–H groups in total. The number of hydrogen-bond donors (Lipinski definition) is 2. The maximum Gasteiger partial charge on any atom is 0.0725 e. The Morgan fingerprint density at radius 1 is 0.333 bits per heavy atom. The summed E-state index contributed by atoms with van der Waals surface area (Å²) in [6.45, 7) is 0. The molecule has 2 nitrogen and oxygen atoms in total. The van der Waals surface area contributed by atoms with Crippen molar-refractivity contribution in [2.75, 3.05) is 0 Å². The minimum Gasteiger partial charge on any atom is -0.354 e. The third-order valence-electron chi connectivity index (χ3n) is 14.8. The van der Waals surface area contributed by atoms with E-state index in [1.165, 1.54) is 105 Å².